The smallest absolute Gasteiger partial charge is 0.240 e. The fourth-order valence-corrected chi connectivity index (χ4v) is 3.13. The molecule has 1 atom stereocenters. The van der Waals surface area contributed by atoms with E-state index >= 15 is 0 Å². The third-order valence-corrected chi connectivity index (χ3v) is 4.47. The molecule has 0 bridgehead atoms. The predicted octanol–water partition coefficient (Wildman–Crippen LogP) is 1.34. The molecule has 3 rings (SSSR count). The molecule has 108 valence electrons. The van der Waals surface area contributed by atoms with Crippen molar-refractivity contribution in [2.75, 3.05) is 20.3 Å². The Labute approximate surface area is 120 Å². The Hall–Kier alpha value is -1.39. The van der Waals surface area contributed by atoms with Crippen molar-refractivity contribution in [2.45, 2.75) is 37.9 Å². The first-order valence-corrected chi connectivity index (χ1v) is 7.40. The summed E-state index contributed by atoms with van der Waals surface area (Å²) in [6.45, 7) is 2.32. The summed E-state index contributed by atoms with van der Waals surface area (Å²) < 4.78 is 5.37. The van der Waals surface area contributed by atoms with Crippen LogP contribution in [0, 0.1) is 0 Å². The Kier molecular flexibility index (Phi) is 4.03. The van der Waals surface area contributed by atoms with Gasteiger partial charge in [-0.05, 0) is 30.4 Å². The lowest BCUT2D eigenvalue weighted by Crippen LogP contribution is -2.52. The van der Waals surface area contributed by atoms with Crippen LogP contribution < -0.4 is 5.32 Å². The molecule has 4 heteroatoms. The van der Waals surface area contributed by atoms with Gasteiger partial charge in [0.1, 0.15) is 0 Å². The number of fused-ring (bicyclic) bond motifs is 1. The fourth-order valence-electron chi connectivity index (χ4n) is 3.13. The van der Waals surface area contributed by atoms with Crippen LogP contribution in [0.2, 0.25) is 0 Å². The summed E-state index contributed by atoms with van der Waals surface area (Å²) in [5.74, 6) is 0.214. The average Bonchev–Trinajstić information content (AvgIpc) is 2.54. The van der Waals surface area contributed by atoms with Gasteiger partial charge in [0.15, 0.2) is 0 Å². The largest absolute Gasteiger partial charge is 0.381 e. The number of nitrogens with zero attached hydrogens (tertiary/aromatic N) is 1. The van der Waals surface area contributed by atoms with Crippen LogP contribution >= 0.6 is 0 Å². The van der Waals surface area contributed by atoms with Gasteiger partial charge < -0.3 is 15.0 Å². The molecule has 0 aromatic heterocycles. The van der Waals surface area contributed by atoms with Crippen molar-refractivity contribution in [3.63, 3.8) is 0 Å². The van der Waals surface area contributed by atoms with E-state index in [2.05, 4.69) is 23.5 Å². The molecule has 0 spiro atoms. The molecule has 2 aliphatic rings. The van der Waals surface area contributed by atoms with Gasteiger partial charge in [-0.3, -0.25) is 4.79 Å². The predicted molar refractivity (Wildman–Crippen MR) is 77.4 cm³/mol. The van der Waals surface area contributed by atoms with Crippen molar-refractivity contribution in [2.24, 2.45) is 0 Å². The summed E-state index contributed by atoms with van der Waals surface area (Å²) in [6, 6.07) is 8.61. The quantitative estimate of drug-likeness (QED) is 0.885. The molecule has 1 aromatic rings. The molecule has 2 aliphatic heterocycles. The van der Waals surface area contributed by atoms with E-state index in [0.717, 1.165) is 39.0 Å². The number of likely N-dealkylation sites (N-methyl/N-ethyl adjacent to an activating group) is 1. The SMILES string of the molecule is CN(C(=O)C1Cc2ccccc2CN1)C1CCOCC1. The summed E-state index contributed by atoms with van der Waals surface area (Å²) in [5.41, 5.74) is 2.61. The molecule has 20 heavy (non-hydrogen) atoms. The molecule has 0 saturated carbocycles. The van der Waals surface area contributed by atoms with Gasteiger partial charge in [0.05, 0.1) is 6.04 Å². The molecule has 1 saturated heterocycles. The van der Waals surface area contributed by atoms with Crippen LogP contribution in [0.25, 0.3) is 0 Å². The van der Waals surface area contributed by atoms with Crippen molar-refractivity contribution in [3.05, 3.63) is 35.4 Å². The monoisotopic (exact) mass is 274 g/mol. The highest BCUT2D eigenvalue weighted by Crippen LogP contribution is 2.19. The third kappa shape index (κ3) is 2.72. The summed E-state index contributed by atoms with van der Waals surface area (Å²) in [7, 11) is 1.93. The number of benzene rings is 1. The van der Waals surface area contributed by atoms with E-state index in [9.17, 15) is 4.79 Å². The third-order valence-electron chi connectivity index (χ3n) is 4.47. The van der Waals surface area contributed by atoms with Crippen molar-refractivity contribution in [1.82, 2.24) is 10.2 Å². The molecule has 0 radical (unpaired) electrons. The van der Waals surface area contributed by atoms with Gasteiger partial charge in [-0.1, -0.05) is 24.3 Å². The summed E-state index contributed by atoms with van der Waals surface area (Å²) in [4.78, 5) is 14.6. The number of ether oxygens (including phenoxy) is 1. The number of hydrogen-bond acceptors (Lipinski definition) is 3. The molecule has 1 fully saturated rings. The maximum Gasteiger partial charge on any atom is 0.240 e. The number of carbonyl (C=O) groups is 1. The van der Waals surface area contributed by atoms with Crippen molar-refractivity contribution in [1.29, 1.82) is 0 Å². The highest BCUT2D eigenvalue weighted by atomic mass is 16.5. The van der Waals surface area contributed by atoms with E-state index in [1.807, 2.05) is 18.0 Å². The van der Waals surface area contributed by atoms with Crippen LogP contribution in [0.1, 0.15) is 24.0 Å². The van der Waals surface area contributed by atoms with Crippen LogP contribution in [0.15, 0.2) is 24.3 Å². The molecule has 2 heterocycles. The minimum Gasteiger partial charge on any atom is -0.381 e. The lowest BCUT2D eigenvalue weighted by molar-refractivity contribution is -0.136. The molecule has 1 unspecified atom stereocenters. The highest BCUT2D eigenvalue weighted by molar-refractivity contribution is 5.82. The lowest BCUT2D eigenvalue weighted by atomic mass is 9.94. The Balaban J connectivity index is 1.66. The Morgan fingerprint density at radius 2 is 1.95 bits per heavy atom. The van der Waals surface area contributed by atoms with E-state index < -0.39 is 0 Å². The first-order chi connectivity index (χ1) is 9.75. The second kappa shape index (κ2) is 5.94. The van der Waals surface area contributed by atoms with Gasteiger partial charge in [-0.15, -0.1) is 0 Å². The summed E-state index contributed by atoms with van der Waals surface area (Å²) >= 11 is 0. The van der Waals surface area contributed by atoms with Gasteiger partial charge in [0.2, 0.25) is 5.91 Å². The Morgan fingerprint density at radius 1 is 1.25 bits per heavy atom. The average molecular weight is 274 g/mol. The van der Waals surface area contributed by atoms with Gasteiger partial charge in [0, 0.05) is 32.8 Å². The summed E-state index contributed by atoms with van der Waals surface area (Å²) in [6.07, 6.45) is 2.69. The van der Waals surface area contributed by atoms with Crippen molar-refractivity contribution < 1.29 is 9.53 Å². The maximum absolute atomic E-state index is 12.6. The zero-order valence-corrected chi connectivity index (χ0v) is 12.0. The maximum atomic E-state index is 12.6. The van der Waals surface area contributed by atoms with Crippen molar-refractivity contribution >= 4 is 5.91 Å². The van der Waals surface area contributed by atoms with Crippen molar-refractivity contribution in [3.8, 4) is 0 Å². The normalized spacial score (nSPS) is 23.1. The van der Waals surface area contributed by atoms with E-state index in [4.69, 9.17) is 4.74 Å². The molecular weight excluding hydrogens is 252 g/mol. The Bertz CT molecular complexity index is 483. The van der Waals surface area contributed by atoms with Gasteiger partial charge in [0.25, 0.3) is 0 Å². The zero-order chi connectivity index (χ0) is 13.9. The highest BCUT2D eigenvalue weighted by Gasteiger charge is 2.30. The van der Waals surface area contributed by atoms with E-state index in [1.54, 1.807) is 0 Å². The van der Waals surface area contributed by atoms with E-state index in [1.165, 1.54) is 11.1 Å². The number of carbonyl (C=O) groups excluding carboxylic acids is 1. The Morgan fingerprint density at radius 3 is 2.70 bits per heavy atom. The molecular formula is C16H22N2O2. The second-order valence-electron chi connectivity index (χ2n) is 5.70. The van der Waals surface area contributed by atoms with Crippen LogP contribution in [0.5, 0.6) is 0 Å². The van der Waals surface area contributed by atoms with Crippen LogP contribution in [0.4, 0.5) is 0 Å². The topological polar surface area (TPSA) is 41.6 Å². The minimum absolute atomic E-state index is 0.0854. The zero-order valence-electron chi connectivity index (χ0n) is 12.0. The summed E-state index contributed by atoms with van der Waals surface area (Å²) in [5, 5.41) is 3.37. The molecule has 0 aliphatic carbocycles. The number of hydrogen-bond donors (Lipinski definition) is 1. The van der Waals surface area contributed by atoms with Gasteiger partial charge in [-0.2, -0.15) is 0 Å². The van der Waals surface area contributed by atoms with E-state index in [0.29, 0.717) is 6.04 Å². The number of nitrogens with one attached hydrogen (secondary N) is 1. The lowest BCUT2D eigenvalue weighted by Gasteiger charge is -2.35. The van der Waals surface area contributed by atoms with E-state index in [-0.39, 0.29) is 11.9 Å². The van der Waals surface area contributed by atoms with Crippen LogP contribution in [-0.2, 0) is 22.5 Å². The standard InChI is InChI=1S/C16H22N2O2/c1-18(14-6-8-20-9-7-14)16(19)15-10-12-4-2-3-5-13(12)11-17-15/h2-5,14-15,17H,6-11H2,1H3. The van der Waals surface area contributed by atoms with Gasteiger partial charge >= 0.3 is 0 Å². The van der Waals surface area contributed by atoms with Crippen LogP contribution in [-0.4, -0.2) is 43.2 Å². The van der Waals surface area contributed by atoms with Gasteiger partial charge in [-0.25, -0.2) is 0 Å². The first-order valence-electron chi connectivity index (χ1n) is 7.40. The fraction of sp³-hybridized carbons (Fsp3) is 0.562. The molecule has 4 nitrogen and oxygen atoms in total. The molecule has 1 N–H and O–H groups in total. The minimum atomic E-state index is -0.0854. The number of rotatable bonds is 2. The molecule has 1 amide bonds. The first kappa shape index (κ1) is 13.6. The number of amides is 1. The second-order valence-corrected chi connectivity index (χ2v) is 5.70. The van der Waals surface area contributed by atoms with Crippen LogP contribution in [0.3, 0.4) is 0 Å². The molecule has 1 aromatic carbocycles.